The number of halogens is 2. The van der Waals surface area contributed by atoms with E-state index in [0.717, 1.165) is 20.0 Å². The fourth-order valence-corrected chi connectivity index (χ4v) is 3.10. The Kier molecular flexibility index (Phi) is 2.50. The molecule has 0 radical (unpaired) electrons. The van der Waals surface area contributed by atoms with Crippen LogP contribution in [0.2, 0.25) is 5.02 Å². The highest BCUT2D eigenvalue weighted by Gasteiger charge is 2.08. The second-order valence-electron chi connectivity index (χ2n) is 3.32. The molecule has 0 spiro atoms. The van der Waals surface area contributed by atoms with Crippen molar-refractivity contribution in [2.24, 2.45) is 0 Å². The number of thiophene rings is 1. The second kappa shape index (κ2) is 3.87. The molecule has 0 amide bonds. The predicted octanol–water partition coefficient (Wildman–Crippen LogP) is 4.48. The molecule has 80 valence electrons. The number of pyridine rings is 1. The number of nitrogens with zero attached hydrogens (tertiary/aromatic N) is 2. The zero-order chi connectivity index (χ0) is 11.1. The molecule has 0 aliphatic rings. The van der Waals surface area contributed by atoms with E-state index in [9.17, 15) is 0 Å². The highest BCUT2D eigenvalue weighted by molar-refractivity contribution is 9.11. The van der Waals surface area contributed by atoms with Crippen molar-refractivity contribution in [3.63, 3.8) is 0 Å². The SMILES string of the molecule is Clc1cccn2cc(-c3ccc(Br)s3)nc12. The van der Waals surface area contributed by atoms with Gasteiger partial charge in [0.25, 0.3) is 0 Å². The first-order chi connectivity index (χ1) is 7.74. The average molecular weight is 314 g/mol. The van der Waals surface area contributed by atoms with Crippen molar-refractivity contribution >= 4 is 44.5 Å². The average Bonchev–Trinajstić information content (AvgIpc) is 2.84. The van der Waals surface area contributed by atoms with Gasteiger partial charge in [0.2, 0.25) is 0 Å². The molecule has 0 unspecified atom stereocenters. The number of aromatic nitrogens is 2. The van der Waals surface area contributed by atoms with Gasteiger partial charge in [-0.25, -0.2) is 4.98 Å². The molecule has 3 heterocycles. The summed E-state index contributed by atoms with van der Waals surface area (Å²) < 4.78 is 3.04. The van der Waals surface area contributed by atoms with Gasteiger partial charge >= 0.3 is 0 Å². The summed E-state index contributed by atoms with van der Waals surface area (Å²) in [4.78, 5) is 5.65. The van der Waals surface area contributed by atoms with Crippen LogP contribution in [0.15, 0.2) is 40.4 Å². The summed E-state index contributed by atoms with van der Waals surface area (Å²) in [6, 6.07) is 7.82. The number of imidazole rings is 1. The van der Waals surface area contributed by atoms with E-state index in [1.165, 1.54) is 0 Å². The molecule has 0 saturated carbocycles. The van der Waals surface area contributed by atoms with Crippen molar-refractivity contribution in [2.75, 3.05) is 0 Å². The summed E-state index contributed by atoms with van der Waals surface area (Å²) in [7, 11) is 0. The van der Waals surface area contributed by atoms with E-state index in [-0.39, 0.29) is 0 Å². The largest absolute Gasteiger partial charge is 0.305 e. The minimum absolute atomic E-state index is 0.671. The fourth-order valence-electron chi connectivity index (χ4n) is 1.55. The fraction of sp³-hybridized carbons (Fsp3) is 0. The van der Waals surface area contributed by atoms with Gasteiger partial charge in [-0.15, -0.1) is 11.3 Å². The normalized spacial score (nSPS) is 11.1. The minimum Gasteiger partial charge on any atom is -0.305 e. The Morgan fingerprint density at radius 3 is 2.88 bits per heavy atom. The summed E-state index contributed by atoms with van der Waals surface area (Å²) in [5, 5.41) is 0.671. The molecule has 3 aromatic heterocycles. The van der Waals surface area contributed by atoms with E-state index in [4.69, 9.17) is 11.6 Å². The van der Waals surface area contributed by atoms with E-state index in [2.05, 4.69) is 20.9 Å². The number of hydrogen-bond acceptors (Lipinski definition) is 2. The number of fused-ring (bicyclic) bond motifs is 1. The summed E-state index contributed by atoms with van der Waals surface area (Å²) >= 11 is 11.2. The quantitative estimate of drug-likeness (QED) is 0.647. The maximum absolute atomic E-state index is 6.07. The van der Waals surface area contributed by atoms with Crippen LogP contribution >= 0.6 is 38.9 Å². The van der Waals surface area contributed by atoms with Crippen LogP contribution in [0, 0.1) is 0 Å². The molecular formula is C11H6BrClN2S. The van der Waals surface area contributed by atoms with Gasteiger partial charge in [-0.05, 0) is 40.2 Å². The van der Waals surface area contributed by atoms with E-state index >= 15 is 0 Å². The molecule has 16 heavy (non-hydrogen) atoms. The lowest BCUT2D eigenvalue weighted by molar-refractivity contribution is 1.19. The van der Waals surface area contributed by atoms with Crippen LogP contribution in [0.3, 0.4) is 0 Å². The van der Waals surface area contributed by atoms with Gasteiger partial charge in [-0.1, -0.05) is 11.6 Å². The smallest absolute Gasteiger partial charge is 0.156 e. The summed E-state index contributed by atoms with van der Waals surface area (Å²) in [5.74, 6) is 0. The third-order valence-electron chi connectivity index (χ3n) is 2.26. The van der Waals surface area contributed by atoms with Crippen molar-refractivity contribution in [1.82, 2.24) is 9.38 Å². The molecule has 0 bridgehead atoms. The molecule has 3 rings (SSSR count). The first-order valence-corrected chi connectivity index (χ1v) is 6.62. The van der Waals surface area contributed by atoms with E-state index in [1.807, 2.05) is 41.1 Å². The van der Waals surface area contributed by atoms with Gasteiger partial charge in [-0.3, -0.25) is 0 Å². The van der Waals surface area contributed by atoms with Crippen molar-refractivity contribution < 1.29 is 0 Å². The van der Waals surface area contributed by atoms with Gasteiger partial charge in [0.05, 0.1) is 19.4 Å². The molecule has 0 fully saturated rings. The van der Waals surface area contributed by atoms with Gasteiger partial charge in [0.15, 0.2) is 5.65 Å². The highest BCUT2D eigenvalue weighted by Crippen LogP contribution is 2.31. The predicted molar refractivity (Wildman–Crippen MR) is 71.2 cm³/mol. The maximum Gasteiger partial charge on any atom is 0.156 e. The van der Waals surface area contributed by atoms with Crippen molar-refractivity contribution in [3.05, 3.63) is 45.5 Å². The first-order valence-electron chi connectivity index (χ1n) is 4.63. The molecule has 0 saturated heterocycles. The molecule has 0 aliphatic heterocycles. The van der Waals surface area contributed by atoms with Gasteiger partial charge in [-0.2, -0.15) is 0 Å². The number of hydrogen-bond donors (Lipinski definition) is 0. The van der Waals surface area contributed by atoms with Crippen molar-refractivity contribution in [1.29, 1.82) is 0 Å². The Balaban J connectivity index is 2.22. The summed E-state index contributed by atoms with van der Waals surface area (Å²) in [6.45, 7) is 0. The van der Waals surface area contributed by atoms with Crippen LogP contribution < -0.4 is 0 Å². The molecule has 0 atom stereocenters. The lowest BCUT2D eigenvalue weighted by Gasteiger charge is -1.92. The van der Waals surface area contributed by atoms with Gasteiger partial charge < -0.3 is 4.40 Å². The molecule has 0 aliphatic carbocycles. The lowest BCUT2D eigenvalue weighted by atomic mass is 10.4. The van der Waals surface area contributed by atoms with Crippen LogP contribution in [-0.4, -0.2) is 9.38 Å². The van der Waals surface area contributed by atoms with Gasteiger partial charge in [0.1, 0.15) is 0 Å². The Morgan fingerprint density at radius 1 is 1.31 bits per heavy atom. The van der Waals surface area contributed by atoms with Crippen LogP contribution in [0.1, 0.15) is 0 Å². The molecule has 2 nitrogen and oxygen atoms in total. The van der Waals surface area contributed by atoms with E-state index in [0.29, 0.717) is 5.02 Å². The molecule has 0 N–H and O–H groups in total. The van der Waals surface area contributed by atoms with E-state index < -0.39 is 0 Å². The minimum atomic E-state index is 0.671. The monoisotopic (exact) mass is 312 g/mol. The Hall–Kier alpha value is -0.840. The summed E-state index contributed by atoms with van der Waals surface area (Å²) in [5.41, 5.74) is 1.74. The summed E-state index contributed by atoms with van der Waals surface area (Å²) in [6.07, 6.45) is 3.93. The third kappa shape index (κ3) is 1.67. The van der Waals surface area contributed by atoms with E-state index in [1.54, 1.807) is 11.3 Å². The van der Waals surface area contributed by atoms with Gasteiger partial charge in [0, 0.05) is 12.4 Å². The highest BCUT2D eigenvalue weighted by atomic mass is 79.9. The lowest BCUT2D eigenvalue weighted by Crippen LogP contribution is -1.80. The van der Waals surface area contributed by atoms with Crippen molar-refractivity contribution in [2.45, 2.75) is 0 Å². The maximum atomic E-state index is 6.07. The topological polar surface area (TPSA) is 17.3 Å². The van der Waals surface area contributed by atoms with Crippen LogP contribution in [0.4, 0.5) is 0 Å². The van der Waals surface area contributed by atoms with Crippen molar-refractivity contribution in [3.8, 4) is 10.6 Å². The Morgan fingerprint density at radius 2 is 2.19 bits per heavy atom. The Bertz CT molecular complexity index is 659. The third-order valence-corrected chi connectivity index (χ3v) is 4.20. The molecule has 0 aromatic carbocycles. The van der Waals surface area contributed by atoms with Crippen LogP contribution in [0.5, 0.6) is 0 Å². The zero-order valence-corrected chi connectivity index (χ0v) is 11.2. The van der Waals surface area contributed by atoms with Crippen LogP contribution in [0.25, 0.3) is 16.2 Å². The Labute approximate surface area is 110 Å². The molecule has 3 aromatic rings. The number of rotatable bonds is 1. The second-order valence-corrected chi connectivity index (χ2v) is 6.19. The molecular weight excluding hydrogens is 308 g/mol. The zero-order valence-electron chi connectivity index (χ0n) is 8.02. The molecule has 5 heteroatoms. The first kappa shape index (κ1) is 10.3. The van der Waals surface area contributed by atoms with Crippen LogP contribution in [-0.2, 0) is 0 Å². The standard InChI is InChI=1S/C11H6BrClN2S/c12-10-4-3-9(16-10)8-6-15-5-1-2-7(13)11(15)14-8/h1-6H.